The first-order valence-corrected chi connectivity index (χ1v) is 9.93. The van der Waals surface area contributed by atoms with Crippen LogP contribution < -0.4 is 5.32 Å². The summed E-state index contributed by atoms with van der Waals surface area (Å²) in [5, 5.41) is 2.88. The highest BCUT2D eigenvalue weighted by Gasteiger charge is 2.29. The number of para-hydroxylation sites is 1. The van der Waals surface area contributed by atoms with Crippen molar-refractivity contribution in [2.75, 3.05) is 25.0 Å². The maximum atomic E-state index is 12.0. The van der Waals surface area contributed by atoms with Crippen molar-refractivity contribution in [3.05, 3.63) is 30.3 Å². The molecule has 2 rings (SSSR count). The lowest BCUT2D eigenvalue weighted by atomic mass is 10.1. The third kappa shape index (κ3) is 7.17. The lowest BCUT2D eigenvalue weighted by Gasteiger charge is -2.29. The molecule has 0 aromatic heterocycles. The zero-order chi connectivity index (χ0) is 17.9. The van der Waals surface area contributed by atoms with Crippen LogP contribution in [0.2, 0.25) is 0 Å². The van der Waals surface area contributed by atoms with Gasteiger partial charge in [-0.2, -0.15) is 0 Å². The number of carbonyl (C=O) groups is 1. The van der Waals surface area contributed by atoms with Crippen LogP contribution in [0, 0.1) is 0 Å². The number of hydrogen-bond donors (Lipinski definition) is 1. The van der Waals surface area contributed by atoms with Crippen LogP contribution in [0.5, 0.6) is 0 Å². The molecule has 4 heteroatoms. The van der Waals surface area contributed by atoms with Crippen molar-refractivity contribution in [1.82, 2.24) is 4.90 Å². The number of benzene rings is 1. The normalized spacial score (nSPS) is 20.1. The topological polar surface area (TPSA) is 41.6 Å². The molecule has 1 aromatic carbocycles. The molecule has 1 amide bonds. The molecule has 0 spiro atoms. The van der Waals surface area contributed by atoms with E-state index in [0.29, 0.717) is 6.04 Å². The zero-order valence-corrected chi connectivity index (χ0v) is 15.9. The van der Waals surface area contributed by atoms with Gasteiger partial charge in [-0.15, -0.1) is 0 Å². The van der Waals surface area contributed by atoms with Gasteiger partial charge in [-0.3, -0.25) is 4.79 Å². The molecule has 2 unspecified atom stereocenters. The Balaban J connectivity index is 1.72. The predicted octanol–water partition coefficient (Wildman–Crippen LogP) is 4.47. The summed E-state index contributed by atoms with van der Waals surface area (Å²) in [4.78, 5) is 14.7. The average Bonchev–Trinajstić information content (AvgIpc) is 3.10. The predicted molar refractivity (Wildman–Crippen MR) is 104 cm³/mol. The van der Waals surface area contributed by atoms with Crippen molar-refractivity contribution in [3.63, 3.8) is 0 Å². The lowest BCUT2D eigenvalue weighted by Crippen LogP contribution is -2.35. The Hall–Kier alpha value is -1.39. The fraction of sp³-hybridized carbons (Fsp3) is 0.667. The zero-order valence-electron chi connectivity index (χ0n) is 15.9. The summed E-state index contributed by atoms with van der Waals surface area (Å²) < 4.78 is 5.89. The number of amides is 1. The monoisotopic (exact) mass is 346 g/mol. The lowest BCUT2D eigenvalue weighted by molar-refractivity contribution is -0.122. The first kappa shape index (κ1) is 19.9. The molecule has 1 saturated carbocycles. The Morgan fingerprint density at radius 2 is 1.80 bits per heavy atom. The van der Waals surface area contributed by atoms with Crippen LogP contribution in [-0.4, -0.2) is 42.6 Å². The van der Waals surface area contributed by atoms with E-state index < -0.39 is 0 Å². The SMILES string of the molecule is CCCCN(CCCC)C1CCC(OCC(=O)Nc2ccccc2)C1. The van der Waals surface area contributed by atoms with Gasteiger partial charge in [0.15, 0.2) is 0 Å². The minimum Gasteiger partial charge on any atom is -0.368 e. The summed E-state index contributed by atoms with van der Waals surface area (Å²) in [5.74, 6) is -0.0662. The second-order valence-electron chi connectivity index (χ2n) is 7.06. The molecule has 1 fully saturated rings. The van der Waals surface area contributed by atoms with Gasteiger partial charge in [0.05, 0.1) is 6.10 Å². The fourth-order valence-corrected chi connectivity index (χ4v) is 3.51. The number of rotatable bonds is 11. The molecule has 0 aliphatic heterocycles. The van der Waals surface area contributed by atoms with Crippen LogP contribution in [0.3, 0.4) is 0 Å². The summed E-state index contributed by atoms with van der Waals surface area (Å²) >= 11 is 0. The average molecular weight is 347 g/mol. The van der Waals surface area contributed by atoms with Gasteiger partial charge in [0.25, 0.3) is 0 Å². The van der Waals surface area contributed by atoms with Crippen molar-refractivity contribution < 1.29 is 9.53 Å². The van der Waals surface area contributed by atoms with Crippen molar-refractivity contribution in [1.29, 1.82) is 0 Å². The summed E-state index contributed by atoms with van der Waals surface area (Å²) in [6.07, 6.45) is 8.57. The van der Waals surface area contributed by atoms with E-state index in [9.17, 15) is 4.79 Å². The van der Waals surface area contributed by atoms with E-state index in [1.54, 1.807) is 0 Å². The van der Waals surface area contributed by atoms with Crippen LogP contribution in [0.25, 0.3) is 0 Å². The molecule has 25 heavy (non-hydrogen) atoms. The van der Waals surface area contributed by atoms with Crippen LogP contribution in [0.15, 0.2) is 30.3 Å². The van der Waals surface area contributed by atoms with E-state index in [1.165, 1.54) is 45.2 Å². The number of nitrogens with zero attached hydrogens (tertiary/aromatic N) is 1. The summed E-state index contributed by atoms with van der Waals surface area (Å²) in [6.45, 7) is 7.05. The van der Waals surface area contributed by atoms with E-state index in [4.69, 9.17) is 4.74 Å². The maximum Gasteiger partial charge on any atom is 0.250 e. The number of hydrogen-bond acceptors (Lipinski definition) is 3. The standard InChI is InChI=1S/C21H34N2O2/c1-3-5-14-23(15-6-4-2)19-12-13-20(16-19)25-17-21(24)22-18-10-8-7-9-11-18/h7-11,19-20H,3-6,12-17H2,1-2H3,(H,22,24). The van der Waals surface area contributed by atoms with Gasteiger partial charge in [0.2, 0.25) is 5.91 Å². The Morgan fingerprint density at radius 1 is 1.12 bits per heavy atom. The van der Waals surface area contributed by atoms with Gasteiger partial charge in [-0.05, 0) is 57.3 Å². The Bertz CT molecular complexity index is 484. The molecule has 1 aliphatic rings. The van der Waals surface area contributed by atoms with Gasteiger partial charge in [-0.1, -0.05) is 44.9 Å². The molecule has 1 aliphatic carbocycles. The van der Waals surface area contributed by atoms with Crippen LogP contribution in [0.4, 0.5) is 5.69 Å². The second-order valence-corrected chi connectivity index (χ2v) is 7.06. The van der Waals surface area contributed by atoms with Crippen molar-refractivity contribution in [2.24, 2.45) is 0 Å². The molecule has 1 N–H and O–H groups in total. The van der Waals surface area contributed by atoms with E-state index in [1.807, 2.05) is 30.3 Å². The number of unbranched alkanes of at least 4 members (excludes halogenated alkanes) is 2. The molecule has 140 valence electrons. The van der Waals surface area contributed by atoms with E-state index in [-0.39, 0.29) is 18.6 Å². The van der Waals surface area contributed by atoms with Crippen LogP contribution in [0.1, 0.15) is 58.8 Å². The number of ether oxygens (including phenoxy) is 1. The number of nitrogens with one attached hydrogen (secondary N) is 1. The van der Waals surface area contributed by atoms with E-state index in [2.05, 4.69) is 24.1 Å². The molecular weight excluding hydrogens is 312 g/mol. The summed E-state index contributed by atoms with van der Waals surface area (Å²) in [5.41, 5.74) is 0.825. The number of anilines is 1. The van der Waals surface area contributed by atoms with Crippen molar-refractivity contribution >= 4 is 11.6 Å². The van der Waals surface area contributed by atoms with Crippen molar-refractivity contribution in [2.45, 2.75) is 70.9 Å². The highest BCUT2D eigenvalue weighted by Crippen LogP contribution is 2.27. The first-order valence-electron chi connectivity index (χ1n) is 9.93. The minimum atomic E-state index is -0.0662. The van der Waals surface area contributed by atoms with Gasteiger partial charge in [-0.25, -0.2) is 0 Å². The quantitative estimate of drug-likeness (QED) is 0.643. The highest BCUT2D eigenvalue weighted by atomic mass is 16.5. The summed E-state index contributed by atoms with van der Waals surface area (Å²) in [6, 6.07) is 10.2. The van der Waals surface area contributed by atoms with Gasteiger partial charge in [0, 0.05) is 11.7 Å². The van der Waals surface area contributed by atoms with Gasteiger partial charge >= 0.3 is 0 Å². The Morgan fingerprint density at radius 3 is 2.44 bits per heavy atom. The Labute approximate surface area is 152 Å². The molecule has 0 heterocycles. The molecule has 1 aromatic rings. The minimum absolute atomic E-state index is 0.0662. The first-order chi connectivity index (χ1) is 12.2. The van der Waals surface area contributed by atoms with Crippen LogP contribution in [-0.2, 0) is 9.53 Å². The summed E-state index contributed by atoms with van der Waals surface area (Å²) in [7, 11) is 0. The third-order valence-corrected chi connectivity index (χ3v) is 4.98. The molecule has 2 atom stereocenters. The smallest absolute Gasteiger partial charge is 0.250 e. The molecule has 0 bridgehead atoms. The highest BCUT2D eigenvalue weighted by molar-refractivity contribution is 5.91. The van der Waals surface area contributed by atoms with Gasteiger partial charge < -0.3 is 15.0 Å². The fourth-order valence-electron chi connectivity index (χ4n) is 3.51. The van der Waals surface area contributed by atoms with Crippen LogP contribution >= 0.6 is 0 Å². The Kier molecular flexibility index (Phi) is 8.98. The third-order valence-electron chi connectivity index (χ3n) is 4.98. The molecule has 0 radical (unpaired) electrons. The van der Waals surface area contributed by atoms with E-state index >= 15 is 0 Å². The van der Waals surface area contributed by atoms with Crippen molar-refractivity contribution in [3.8, 4) is 0 Å². The van der Waals surface area contributed by atoms with Gasteiger partial charge in [0.1, 0.15) is 6.61 Å². The number of carbonyl (C=O) groups excluding carboxylic acids is 1. The molecular formula is C21H34N2O2. The largest absolute Gasteiger partial charge is 0.368 e. The maximum absolute atomic E-state index is 12.0. The second kappa shape index (κ2) is 11.3. The molecule has 0 saturated heterocycles. The van der Waals surface area contributed by atoms with E-state index in [0.717, 1.165) is 18.5 Å². The molecule has 4 nitrogen and oxygen atoms in total.